The Labute approximate surface area is 132 Å². The van der Waals surface area contributed by atoms with Crippen molar-refractivity contribution < 1.29 is 4.42 Å². The van der Waals surface area contributed by atoms with Gasteiger partial charge >= 0.3 is 0 Å². The molecule has 21 heavy (non-hydrogen) atoms. The van der Waals surface area contributed by atoms with Crippen LogP contribution in [0, 0.1) is 0 Å². The summed E-state index contributed by atoms with van der Waals surface area (Å²) in [4.78, 5) is 3.92. The number of rotatable bonds is 4. The van der Waals surface area contributed by atoms with Crippen LogP contribution in [0.1, 0.15) is 5.56 Å². The van der Waals surface area contributed by atoms with Gasteiger partial charge in [0.05, 0.1) is 6.20 Å². The predicted octanol–water partition coefficient (Wildman–Crippen LogP) is 5.26. The lowest BCUT2D eigenvalue weighted by molar-refractivity contribution is 0.572. The van der Waals surface area contributed by atoms with Gasteiger partial charge in [-0.15, -0.1) is 0 Å². The average molecular weight is 319 g/mol. The Bertz CT molecular complexity index is 742. The Balaban J connectivity index is 1.76. The van der Waals surface area contributed by atoms with Crippen molar-refractivity contribution in [2.45, 2.75) is 6.54 Å². The largest absolute Gasteiger partial charge is 0.444 e. The van der Waals surface area contributed by atoms with E-state index >= 15 is 0 Å². The summed E-state index contributed by atoms with van der Waals surface area (Å²) < 4.78 is 5.29. The quantitative estimate of drug-likeness (QED) is 0.713. The van der Waals surface area contributed by atoms with Crippen LogP contribution in [0.4, 0.5) is 5.69 Å². The first kappa shape index (κ1) is 14.0. The van der Waals surface area contributed by atoms with Crippen LogP contribution in [0.5, 0.6) is 0 Å². The number of oxazole rings is 1. The van der Waals surface area contributed by atoms with E-state index in [0.29, 0.717) is 16.6 Å². The van der Waals surface area contributed by atoms with E-state index in [4.69, 9.17) is 27.6 Å². The highest BCUT2D eigenvalue weighted by atomic mass is 35.5. The van der Waals surface area contributed by atoms with Gasteiger partial charge in [0.15, 0.2) is 12.2 Å². The second-order valence-corrected chi connectivity index (χ2v) is 5.38. The number of benzene rings is 2. The summed E-state index contributed by atoms with van der Waals surface area (Å²) >= 11 is 12.1. The molecular formula is C16H12Cl2N2O. The number of aromatic nitrogens is 1. The van der Waals surface area contributed by atoms with Crippen LogP contribution in [-0.4, -0.2) is 4.98 Å². The van der Waals surface area contributed by atoms with Crippen molar-refractivity contribution >= 4 is 28.9 Å². The molecule has 106 valence electrons. The normalized spacial score (nSPS) is 10.6. The molecule has 3 rings (SSSR count). The molecule has 0 aliphatic carbocycles. The summed E-state index contributed by atoms with van der Waals surface area (Å²) in [5.74, 6) is 0.736. The van der Waals surface area contributed by atoms with Crippen molar-refractivity contribution in [2.75, 3.05) is 5.32 Å². The first-order valence-electron chi connectivity index (χ1n) is 6.39. The lowest BCUT2D eigenvalue weighted by Gasteiger charge is -2.09. The standard InChI is InChI=1S/C16H12Cl2N2O/c17-13-4-5-15(18)12(6-13)8-20-14-3-1-2-11(7-14)16-9-19-10-21-16/h1-7,9-10,20H,8H2. The van der Waals surface area contributed by atoms with Gasteiger partial charge in [0, 0.05) is 27.8 Å². The number of hydrogen-bond acceptors (Lipinski definition) is 3. The molecule has 0 atom stereocenters. The van der Waals surface area contributed by atoms with Crippen molar-refractivity contribution in [3.63, 3.8) is 0 Å². The summed E-state index contributed by atoms with van der Waals surface area (Å²) in [7, 11) is 0. The fourth-order valence-corrected chi connectivity index (χ4v) is 2.40. The minimum Gasteiger partial charge on any atom is -0.444 e. The maximum absolute atomic E-state index is 6.15. The van der Waals surface area contributed by atoms with E-state index < -0.39 is 0 Å². The van der Waals surface area contributed by atoms with E-state index in [9.17, 15) is 0 Å². The van der Waals surface area contributed by atoms with E-state index in [1.807, 2.05) is 30.3 Å². The number of nitrogens with zero attached hydrogens (tertiary/aromatic N) is 1. The van der Waals surface area contributed by atoms with Gasteiger partial charge in [-0.05, 0) is 35.9 Å². The number of anilines is 1. The minimum atomic E-state index is 0.596. The van der Waals surface area contributed by atoms with Gasteiger partial charge in [0.2, 0.25) is 0 Å². The van der Waals surface area contributed by atoms with E-state index in [0.717, 1.165) is 22.6 Å². The van der Waals surface area contributed by atoms with Gasteiger partial charge in [0.1, 0.15) is 0 Å². The second-order valence-electron chi connectivity index (χ2n) is 4.54. The topological polar surface area (TPSA) is 38.1 Å². The maximum Gasteiger partial charge on any atom is 0.181 e. The lowest BCUT2D eigenvalue weighted by Crippen LogP contribution is -2.00. The highest BCUT2D eigenvalue weighted by Gasteiger charge is 2.04. The van der Waals surface area contributed by atoms with Gasteiger partial charge in [-0.25, -0.2) is 4.98 Å². The van der Waals surface area contributed by atoms with E-state index in [1.54, 1.807) is 18.3 Å². The molecule has 0 saturated carbocycles. The number of hydrogen-bond donors (Lipinski definition) is 1. The zero-order chi connectivity index (χ0) is 14.7. The molecule has 2 aromatic carbocycles. The molecule has 3 nitrogen and oxygen atoms in total. The van der Waals surface area contributed by atoms with Crippen LogP contribution >= 0.6 is 23.2 Å². The zero-order valence-electron chi connectivity index (χ0n) is 11.0. The number of nitrogens with one attached hydrogen (secondary N) is 1. The number of halogens is 2. The monoisotopic (exact) mass is 318 g/mol. The molecule has 3 aromatic rings. The van der Waals surface area contributed by atoms with E-state index in [1.165, 1.54) is 6.39 Å². The van der Waals surface area contributed by atoms with Crippen LogP contribution in [0.3, 0.4) is 0 Å². The Morgan fingerprint density at radius 2 is 2.00 bits per heavy atom. The van der Waals surface area contributed by atoms with E-state index in [2.05, 4.69) is 10.3 Å². The fraction of sp³-hybridized carbons (Fsp3) is 0.0625. The summed E-state index contributed by atoms with van der Waals surface area (Å²) in [6, 6.07) is 13.3. The first-order chi connectivity index (χ1) is 10.2. The molecule has 0 saturated heterocycles. The molecule has 0 amide bonds. The highest BCUT2D eigenvalue weighted by molar-refractivity contribution is 6.33. The van der Waals surface area contributed by atoms with E-state index in [-0.39, 0.29) is 0 Å². The molecule has 0 spiro atoms. The van der Waals surface area contributed by atoms with Crippen LogP contribution in [0.2, 0.25) is 10.0 Å². The van der Waals surface area contributed by atoms with Gasteiger partial charge in [0.25, 0.3) is 0 Å². The Morgan fingerprint density at radius 1 is 1.10 bits per heavy atom. The van der Waals surface area contributed by atoms with Crippen molar-refractivity contribution in [3.05, 3.63) is 70.7 Å². The average Bonchev–Trinajstić information content (AvgIpc) is 3.03. The van der Waals surface area contributed by atoms with Crippen LogP contribution in [0.15, 0.2) is 59.5 Å². The Hall–Kier alpha value is -1.97. The van der Waals surface area contributed by atoms with Crippen molar-refractivity contribution in [2.24, 2.45) is 0 Å². The molecule has 5 heteroatoms. The maximum atomic E-state index is 6.15. The summed E-state index contributed by atoms with van der Waals surface area (Å²) in [6.07, 6.45) is 3.11. The molecular weight excluding hydrogens is 307 g/mol. The lowest BCUT2D eigenvalue weighted by atomic mass is 10.1. The zero-order valence-corrected chi connectivity index (χ0v) is 12.5. The highest BCUT2D eigenvalue weighted by Crippen LogP contribution is 2.24. The molecule has 0 aliphatic rings. The first-order valence-corrected chi connectivity index (χ1v) is 7.15. The van der Waals surface area contributed by atoms with Gasteiger partial charge < -0.3 is 9.73 Å². The molecule has 0 unspecified atom stereocenters. The third-order valence-corrected chi connectivity index (χ3v) is 3.67. The predicted molar refractivity (Wildman–Crippen MR) is 85.7 cm³/mol. The Morgan fingerprint density at radius 3 is 2.81 bits per heavy atom. The van der Waals surface area contributed by atoms with Gasteiger partial charge in [-0.3, -0.25) is 0 Å². The summed E-state index contributed by atoms with van der Waals surface area (Å²) in [6.45, 7) is 0.596. The minimum absolute atomic E-state index is 0.596. The van der Waals surface area contributed by atoms with Gasteiger partial charge in [-0.1, -0.05) is 35.3 Å². The van der Waals surface area contributed by atoms with Crippen LogP contribution in [-0.2, 0) is 6.54 Å². The summed E-state index contributed by atoms with van der Waals surface area (Å²) in [5, 5.41) is 4.69. The molecule has 1 heterocycles. The van der Waals surface area contributed by atoms with Crippen molar-refractivity contribution in [1.82, 2.24) is 4.98 Å². The Kier molecular flexibility index (Phi) is 4.13. The fourth-order valence-electron chi connectivity index (χ4n) is 2.02. The molecule has 0 bridgehead atoms. The SMILES string of the molecule is Clc1ccc(Cl)c(CNc2cccc(-c3cnco3)c2)c1. The summed E-state index contributed by atoms with van der Waals surface area (Å²) in [5.41, 5.74) is 2.89. The van der Waals surface area contributed by atoms with Crippen LogP contribution in [0.25, 0.3) is 11.3 Å². The van der Waals surface area contributed by atoms with Crippen molar-refractivity contribution in [1.29, 1.82) is 0 Å². The molecule has 1 N–H and O–H groups in total. The van der Waals surface area contributed by atoms with Crippen molar-refractivity contribution in [3.8, 4) is 11.3 Å². The molecule has 0 radical (unpaired) electrons. The third kappa shape index (κ3) is 3.38. The van der Waals surface area contributed by atoms with Crippen LogP contribution < -0.4 is 5.32 Å². The second kappa shape index (κ2) is 6.20. The smallest absolute Gasteiger partial charge is 0.181 e. The molecule has 0 aliphatic heterocycles. The molecule has 1 aromatic heterocycles. The molecule has 0 fully saturated rings. The third-order valence-electron chi connectivity index (χ3n) is 3.07. The van der Waals surface area contributed by atoms with Gasteiger partial charge in [-0.2, -0.15) is 0 Å².